The fourth-order valence-electron chi connectivity index (χ4n) is 5.74. The van der Waals surface area contributed by atoms with Gasteiger partial charge < -0.3 is 19.9 Å². The Hall–Kier alpha value is -4.49. The third kappa shape index (κ3) is 3.83. The van der Waals surface area contributed by atoms with Gasteiger partial charge in [0.05, 0.1) is 48.5 Å². The zero-order chi connectivity index (χ0) is 25.6. The van der Waals surface area contributed by atoms with Gasteiger partial charge in [-0.25, -0.2) is 14.5 Å². The third-order valence-electron chi connectivity index (χ3n) is 7.82. The Balaban J connectivity index is 1.14. The number of rotatable bonds is 6. The van der Waals surface area contributed by atoms with Crippen LogP contribution in [0.15, 0.2) is 61.1 Å². The lowest BCUT2D eigenvalue weighted by Crippen LogP contribution is -2.55. The number of pyridine rings is 2. The molecule has 0 amide bonds. The number of nitrogens with one attached hydrogen (secondary N) is 1. The molecule has 2 bridgehead atoms. The molecule has 2 atom stereocenters. The molecule has 10 heteroatoms. The Morgan fingerprint density at radius 2 is 2.11 bits per heavy atom. The van der Waals surface area contributed by atoms with E-state index in [9.17, 15) is 5.26 Å². The van der Waals surface area contributed by atoms with Crippen molar-refractivity contribution in [3.8, 4) is 23.2 Å². The summed E-state index contributed by atoms with van der Waals surface area (Å²) in [5.74, 6) is 1.87. The van der Waals surface area contributed by atoms with Crippen LogP contribution in [-0.4, -0.2) is 62.3 Å². The highest BCUT2D eigenvalue weighted by Crippen LogP contribution is 2.38. The monoisotopic (exact) mass is 505 g/mol. The van der Waals surface area contributed by atoms with Crippen molar-refractivity contribution in [3.63, 3.8) is 0 Å². The van der Waals surface area contributed by atoms with Gasteiger partial charge in [0.2, 0.25) is 5.88 Å². The first-order valence-corrected chi connectivity index (χ1v) is 12.9. The lowest BCUT2D eigenvalue weighted by Gasteiger charge is -2.51. The molecule has 0 spiro atoms. The minimum Gasteiger partial charge on any atom is -0.481 e. The lowest BCUT2D eigenvalue weighted by molar-refractivity contribution is 0.139. The summed E-state index contributed by atoms with van der Waals surface area (Å²) in [7, 11) is 1.63. The van der Waals surface area contributed by atoms with E-state index in [0.29, 0.717) is 23.4 Å². The molecule has 0 aliphatic carbocycles. The van der Waals surface area contributed by atoms with Crippen molar-refractivity contribution in [3.05, 3.63) is 77.8 Å². The van der Waals surface area contributed by atoms with Crippen LogP contribution in [0.5, 0.6) is 5.88 Å². The van der Waals surface area contributed by atoms with Gasteiger partial charge in [0, 0.05) is 62.0 Å². The first-order valence-electron chi connectivity index (χ1n) is 12.9. The molecule has 1 N–H and O–H groups in total. The van der Waals surface area contributed by atoms with Gasteiger partial charge >= 0.3 is 0 Å². The molecule has 8 heterocycles. The van der Waals surface area contributed by atoms with Crippen LogP contribution in [-0.2, 0) is 6.54 Å². The summed E-state index contributed by atoms with van der Waals surface area (Å²) in [5.41, 5.74) is 6.60. The fourth-order valence-corrected chi connectivity index (χ4v) is 5.74. The highest BCUT2D eigenvalue weighted by molar-refractivity contribution is 5.83. The molecule has 4 aliphatic heterocycles. The summed E-state index contributed by atoms with van der Waals surface area (Å²) in [5, 5.41) is 17.6. The summed E-state index contributed by atoms with van der Waals surface area (Å²) in [6.45, 7) is 3.65. The second kappa shape index (κ2) is 9.11. The zero-order valence-corrected chi connectivity index (χ0v) is 21.1. The molecule has 0 radical (unpaired) electrons. The molecule has 2 unspecified atom stereocenters. The average Bonchev–Trinajstić information content (AvgIpc) is 3.66. The van der Waals surface area contributed by atoms with Crippen LogP contribution in [0, 0.1) is 11.3 Å². The van der Waals surface area contributed by atoms with Gasteiger partial charge in [-0.1, -0.05) is 6.07 Å². The number of anilines is 1. The number of methoxy groups -OCH3 is 1. The number of ether oxygens (including phenoxy) is 1. The van der Waals surface area contributed by atoms with Crippen molar-refractivity contribution < 1.29 is 4.74 Å². The van der Waals surface area contributed by atoms with E-state index in [1.165, 1.54) is 11.3 Å². The molecule has 10 nitrogen and oxygen atoms in total. The first-order chi connectivity index (χ1) is 18.7. The van der Waals surface area contributed by atoms with Gasteiger partial charge in [0.1, 0.15) is 6.07 Å². The number of hydrogen-bond acceptors (Lipinski definition) is 9. The second-order valence-corrected chi connectivity index (χ2v) is 10.1. The van der Waals surface area contributed by atoms with E-state index in [1.54, 1.807) is 13.3 Å². The largest absolute Gasteiger partial charge is 0.481 e. The molecular weight excluding hydrogens is 478 g/mol. The predicted molar refractivity (Wildman–Crippen MR) is 141 cm³/mol. The number of nitriles is 1. The molecule has 38 heavy (non-hydrogen) atoms. The molecule has 4 aromatic rings. The SMILES string of the molecule is COc1ccc(CN2C3=CN(c4cnc(-c5cc(C6CCNC6)cn6ncc(C#N)c56)cn4)CC2C3)cn1. The molecule has 4 aliphatic rings. The Morgan fingerprint density at radius 1 is 1.16 bits per heavy atom. The first kappa shape index (κ1) is 22.7. The second-order valence-electron chi connectivity index (χ2n) is 10.1. The van der Waals surface area contributed by atoms with Gasteiger partial charge in [-0.3, -0.25) is 4.98 Å². The van der Waals surface area contributed by atoms with Crippen molar-refractivity contribution in [2.75, 3.05) is 31.6 Å². The molecular formula is C28H27N9O. The van der Waals surface area contributed by atoms with Crippen LogP contribution < -0.4 is 15.0 Å². The summed E-state index contributed by atoms with van der Waals surface area (Å²) in [6, 6.07) is 8.83. The summed E-state index contributed by atoms with van der Waals surface area (Å²) in [4.78, 5) is 18.5. The molecule has 0 aromatic carbocycles. The van der Waals surface area contributed by atoms with Gasteiger partial charge in [-0.2, -0.15) is 10.4 Å². The maximum Gasteiger partial charge on any atom is 0.212 e. The van der Waals surface area contributed by atoms with Gasteiger partial charge in [-0.05, 0) is 36.1 Å². The Labute approximate surface area is 220 Å². The van der Waals surface area contributed by atoms with E-state index in [0.717, 1.165) is 67.2 Å². The molecule has 190 valence electrons. The molecule has 4 aromatic heterocycles. The van der Waals surface area contributed by atoms with Crippen molar-refractivity contribution in [1.82, 2.24) is 34.8 Å². The minimum atomic E-state index is 0.420. The maximum atomic E-state index is 9.68. The van der Waals surface area contributed by atoms with Crippen LogP contribution in [0.3, 0.4) is 0 Å². The number of hydrogen-bond donors (Lipinski definition) is 1. The van der Waals surface area contributed by atoms with Crippen molar-refractivity contribution in [2.45, 2.75) is 31.3 Å². The summed E-state index contributed by atoms with van der Waals surface area (Å²) < 4.78 is 6.98. The summed E-state index contributed by atoms with van der Waals surface area (Å²) in [6.07, 6.45) is 13.5. The molecule has 0 saturated carbocycles. The van der Waals surface area contributed by atoms with E-state index in [1.807, 2.05) is 35.4 Å². The quantitative estimate of drug-likeness (QED) is 0.423. The number of aromatic nitrogens is 5. The van der Waals surface area contributed by atoms with Crippen molar-refractivity contribution >= 4 is 11.3 Å². The van der Waals surface area contributed by atoms with Crippen molar-refractivity contribution in [2.24, 2.45) is 0 Å². The van der Waals surface area contributed by atoms with Gasteiger partial charge in [-0.15, -0.1) is 0 Å². The Morgan fingerprint density at radius 3 is 2.79 bits per heavy atom. The number of nitrogens with zero attached hydrogens (tertiary/aromatic N) is 8. The zero-order valence-electron chi connectivity index (χ0n) is 21.1. The molecule has 2 saturated heterocycles. The van der Waals surface area contributed by atoms with E-state index in [2.05, 4.69) is 49.6 Å². The standard InChI is InChI=1S/C28H27N9O/c1-38-27-3-2-18(9-33-27)14-36-22-7-23(36)17-35(16-22)26-13-31-25(12-32-26)24-6-20(19-4-5-30-10-19)15-37-28(24)21(8-29)11-34-37/h2-3,6,9,11-13,15-16,19,23,30H,4-5,7,10,14,17H2,1H3. The van der Waals surface area contributed by atoms with Crippen LogP contribution in [0.2, 0.25) is 0 Å². The Kier molecular flexibility index (Phi) is 5.44. The minimum absolute atomic E-state index is 0.420. The van der Waals surface area contributed by atoms with Crippen LogP contribution >= 0.6 is 0 Å². The highest BCUT2D eigenvalue weighted by atomic mass is 16.5. The van der Waals surface area contributed by atoms with Crippen LogP contribution in [0.4, 0.5) is 5.82 Å². The van der Waals surface area contributed by atoms with Crippen LogP contribution in [0.1, 0.15) is 35.4 Å². The topological polar surface area (TPSA) is 108 Å². The Bertz CT molecular complexity index is 1560. The van der Waals surface area contributed by atoms with E-state index in [-0.39, 0.29) is 0 Å². The molecule has 2 fully saturated rings. The fraction of sp³-hybridized carbons (Fsp3) is 0.321. The molecule has 8 rings (SSSR count). The van der Waals surface area contributed by atoms with E-state index < -0.39 is 0 Å². The predicted octanol–water partition coefficient (Wildman–Crippen LogP) is 3.08. The highest BCUT2D eigenvalue weighted by Gasteiger charge is 2.38. The summed E-state index contributed by atoms with van der Waals surface area (Å²) >= 11 is 0. The average molecular weight is 506 g/mol. The van der Waals surface area contributed by atoms with Gasteiger partial charge in [0.25, 0.3) is 0 Å². The maximum absolute atomic E-state index is 9.68. The lowest BCUT2D eigenvalue weighted by atomic mass is 9.93. The van der Waals surface area contributed by atoms with E-state index in [4.69, 9.17) is 14.7 Å². The number of fused-ring (bicyclic) bond motifs is 3. The van der Waals surface area contributed by atoms with E-state index >= 15 is 0 Å². The van der Waals surface area contributed by atoms with Gasteiger partial charge in [0.15, 0.2) is 5.82 Å². The van der Waals surface area contributed by atoms with Crippen molar-refractivity contribution in [1.29, 1.82) is 5.26 Å². The third-order valence-corrected chi connectivity index (χ3v) is 7.82. The van der Waals surface area contributed by atoms with Crippen LogP contribution in [0.25, 0.3) is 16.8 Å². The smallest absolute Gasteiger partial charge is 0.212 e. The normalized spacial score (nSPS) is 20.3.